The number of likely N-dealkylation sites (tertiary alicyclic amines) is 1. The van der Waals surface area contributed by atoms with Crippen molar-refractivity contribution in [1.82, 2.24) is 29.4 Å². The number of rotatable bonds is 5. The lowest BCUT2D eigenvalue weighted by atomic mass is 9.90. The van der Waals surface area contributed by atoms with Crippen molar-refractivity contribution in [2.45, 2.75) is 52.1 Å². The van der Waals surface area contributed by atoms with Gasteiger partial charge in [0.2, 0.25) is 5.88 Å². The Morgan fingerprint density at radius 1 is 1.24 bits per heavy atom. The normalized spacial score (nSPS) is 20.8. The molecule has 0 aromatic carbocycles. The predicted molar refractivity (Wildman–Crippen MR) is 131 cm³/mol. The quantitative estimate of drug-likeness (QED) is 0.574. The summed E-state index contributed by atoms with van der Waals surface area (Å²) in [5.41, 5.74) is 7.59. The molecule has 0 N–H and O–H groups in total. The molecule has 1 saturated heterocycles. The zero-order chi connectivity index (χ0) is 23.8. The molecule has 8 nitrogen and oxygen atoms in total. The number of aryl methyl sites for hydroxylation is 1. The van der Waals surface area contributed by atoms with Gasteiger partial charge in [-0.2, -0.15) is 10.2 Å². The molecule has 5 heterocycles. The SMILES string of the molecule is C=C1C[C@H](Cn2cc(-n3nc(-c4cnc(OC)c(C)c4)c4c3CCOCC4)cn2)C[C@H](C)N1C. The lowest BCUT2D eigenvalue weighted by Gasteiger charge is -2.38. The molecule has 0 spiro atoms. The number of nitrogens with zero attached hydrogens (tertiary/aromatic N) is 6. The molecular weight excluding hydrogens is 428 g/mol. The van der Waals surface area contributed by atoms with Crippen molar-refractivity contribution in [3.63, 3.8) is 0 Å². The monoisotopic (exact) mass is 462 g/mol. The van der Waals surface area contributed by atoms with E-state index in [2.05, 4.69) is 52.1 Å². The number of pyridine rings is 1. The van der Waals surface area contributed by atoms with E-state index in [1.165, 1.54) is 17.0 Å². The Bertz CT molecular complexity index is 1200. The van der Waals surface area contributed by atoms with Gasteiger partial charge in [0.1, 0.15) is 5.69 Å². The third-order valence-electron chi connectivity index (χ3n) is 7.23. The Morgan fingerprint density at radius 3 is 2.82 bits per heavy atom. The van der Waals surface area contributed by atoms with Gasteiger partial charge in [-0.1, -0.05) is 6.58 Å². The van der Waals surface area contributed by atoms with Crippen LogP contribution in [-0.2, 0) is 24.1 Å². The van der Waals surface area contributed by atoms with Gasteiger partial charge >= 0.3 is 0 Å². The third kappa shape index (κ3) is 4.22. The summed E-state index contributed by atoms with van der Waals surface area (Å²) < 4.78 is 15.3. The van der Waals surface area contributed by atoms with E-state index in [0.717, 1.165) is 54.7 Å². The highest BCUT2D eigenvalue weighted by atomic mass is 16.5. The first-order valence-corrected chi connectivity index (χ1v) is 12.1. The third-order valence-corrected chi connectivity index (χ3v) is 7.23. The minimum atomic E-state index is 0.507. The fourth-order valence-corrected chi connectivity index (χ4v) is 5.28. The highest BCUT2D eigenvalue weighted by molar-refractivity contribution is 5.65. The van der Waals surface area contributed by atoms with Crippen LogP contribution in [0.3, 0.4) is 0 Å². The first-order valence-electron chi connectivity index (χ1n) is 12.1. The molecule has 2 aliphatic rings. The summed E-state index contributed by atoms with van der Waals surface area (Å²) in [6.07, 6.45) is 9.70. The van der Waals surface area contributed by atoms with Crippen LogP contribution in [0.1, 0.15) is 36.6 Å². The molecule has 5 rings (SSSR count). The van der Waals surface area contributed by atoms with Gasteiger partial charge in [-0.25, -0.2) is 9.67 Å². The standard InChI is InChI=1S/C26H34N6O2/c1-17-10-21(13-27-26(17)33-5)25-23-6-8-34-9-7-24(23)32(29-25)22-14-28-31(16-22)15-20-11-18(2)30(4)19(3)12-20/h10,13-14,16,19-20H,2,6-9,11-12,15H2,1,3-5H3/t19-,20-/m0/s1. The largest absolute Gasteiger partial charge is 0.481 e. The molecule has 2 atom stereocenters. The Hall–Kier alpha value is -3.13. The van der Waals surface area contributed by atoms with Crippen molar-refractivity contribution in [3.05, 3.63) is 53.8 Å². The molecule has 0 saturated carbocycles. The van der Waals surface area contributed by atoms with Gasteiger partial charge in [-0.3, -0.25) is 4.68 Å². The van der Waals surface area contributed by atoms with Crippen molar-refractivity contribution >= 4 is 0 Å². The number of hydrogen-bond donors (Lipinski definition) is 0. The molecule has 0 radical (unpaired) electrons. The Balaban J connectivity index is 1.46. The summed E-state index contributed by atoms with van der Waals surface area (Å²) in [5, 5.41) is 9.77. The molecule has 180 valence electrons. The van der Waals surface area contributed by atoms with Gasteiger partial charge in [0.15, 0.2) is 0 Å². The first kappa shape index (κ1) is 22.7. The smallest absolute Gasteiger partial charge is 0.215 e. The maximum absolute atomic E-state index is 5.80. The Labute approximate surface area is 201 Å². The number of methoxy groups -OCH3 is 1. The zero-order valence-corrected chi connectivity index (χ0v) is 20.6. The summed E-state index contributed by atoms with van der Waals surface area (Å²) in [4.78, 5) is 6.78. The second-order valence-electron chi connectivity index (χ2n) is 9.60. The van der Waals surface area contributed by atoms with Crippen LogP contribution in [0.4, 0.5) is 0 Å². The Kier molecular flexibility index (Phi) is 6.16. The van der Waals surface area contributed by atoms with Crippen LogP contribution in [0.5, 0.6) is 5.88 Å². The number of fused-ring (bicyclic) bond motifs is 1. The van der Waals surface area contributed by atoms with Crippen molar-refractivity contribution < 1.29 is 9.47 Å². The van der Waals surface area contributed by atoms with E-state index in [4.69, 9.17) is 19.7 Å². The maximum atomic E-state index is 5.80. The molecule has 0 aliphatic carbocycles. The van der Waals surface area contributed by atoms with E-state index in [1.54, 1.807) is 7.11 Å². The van der Waals surface area contributed by atoms with Gasteiger partial charge in [0, 0.05) is 54.6 Å². The van der Waals surface area contributed by atoms with Crippen LogP contribution in [0.15, 0.2) is 36.9 Å². The molecule has 3 aromatic heterocycles. The average molecular weight is 463 g/mol. The van der Waals surface area contributed by atoms with Gasteiger partial charge < -0.3 is 14.4 Å². The van der Waals surface area contributed by atoms with Gasteiger partial charge in [0.05, 0.1) is 44.1 Å². The summed E-state index contributed by atoms with van der Waals surface area (Å²) in [6.45, 7) is 10.8. The minimum absolute atomic E-state index is 0.507. The van der Waals surface area contributed by atoms with Crippen molar-refractivity contribution in [2.24, 2.45) is 5.92 Å². The molecule has 2 aliphatic heterocycles. The zero-order valence-electron chi connectivity index (χ0n) is 20.6. The van der Waals surface area contributed by atoms with E-state index < -0.39 is 0 Å². The van der Waals surface area contributed by atoms with E-state index in [-0.39, 0.29) is 0 Å². The summed E-state index contributed by atoms with van der Waals surface area (Å²) in [5.74, 6) is 1.18. The van der Waals surface area contributed by atoms with Crippen LogP contribution in [-0.4, -0.2) is 62.9 Å². The molecule has 0 bridgehead atoms. The van der Waals surface area contributed by atoms with E-state index >= 15 is 0 Å². The molecule has 8 heteroatoms. The lowest BCUT2D eigenvalue weighted by molar-refractivity contribution is 0.145. The van der Waals surface area contributed by atoms with E-state index in [0.29, 0.717) is 31.1 Å². The maximum Gasteiger partial charge on any atom is 0.215 e. The lowest BCUT2D eigenvalue weighted by Crippen LogP contribution is -2.37. The topological polar surface area (TPSA) is 70.2 Å². The van der Waals surface area contributed by atoms with Crippen molar-refractivity contribution in [3.8, 4) is 22.8 Å². The second kappa shape index (κ2) is 9.25. The summed E-state index contributed by atoms with van der Waals surface area (Å²) in [7, 11) is 3.78. The molecule has 0 unspecified atom stereocenters. The van der Waals surface area contributed by atoms with Crippen LogP contribution in [0.2, 0.25) is 0 Å². The molecule has 0 amide bonds. The second-order valence-corrected chi connectivity index (χ2v) is 9.60. The van der Waals surface area contributed by atoms with Crippen LogP contribution in [0.25, 0.3) is 16.9 Å². The van der Waals surface area contributed by atoms with Gasteiger partial charge in [0.25, 0.3) is 0 Å². The molecule has 34 heavy (non-hydrogen) atoms. The minimum Gasteiger partial charge on any atom is -0.481 e. The van der Waals surface area contributed by atoms with Gasteiger partial charge in [-0.15, -0.1) is 0 Å². The number of ether oxygens (including phenoxy) is 2. The predicted octanol–water partition coefficient (Wildman–Crippen LogP) is 3.81. The van der Waals surface area contributed by atoms with E-state index in [9.17, 15) is 0 Å². The van der Waals surface area contributed by atoms with Crippen LogP contribution in [0, 0.1) is 12.8 Å². The number of piperidine rings is 1. The summed E-state index contributed by atoms with van der Waals surface area (Å²) >= 11 is 0. The highest BCUT2D eigenvalue weighted by Crippen LogP contribution is 2.32. The molecule has 1 fully saturated rings. The number of allylic oxidation sites excluding steroid dienone is 1. The fraction of sp³-hybridized carbons (Fsp3) is 0.500. The summed E-state index contributed by atoms with van der Waals surface area (Å²) in [6, 6.07) is 2.61. The van der Waals surface area contributed by atoms with Crippen molar-refractivity contribution in [1.29, 1.82) is 0 Å². The first-order chi connectivity index (χ1) is 16.4. The van der Waals surface area contributed by atoms with Crippen LogP contribution >= 0.6 is 0 Å². The van der Waals surface area contributed by atoms with Crippen molar-refractivity contribution in [2.75, 3.05) is 27.4 Å². The molecule has 3 aromatic rings. The van der Waals surface area contributed by atoms with Gasteiger partial charge in [-0.05, 0) is 45.1 Å². The van der Waals surface area contributed by atoms with Crippen LogP contribution < -0.4 is 4.74 Å². The number of hydrogen-bond acceptors (Lipinski definition) is 6. The average Bonchev–Trinajstić information content (AvgIpc) is 3.34. The van der Waals surface area contributed by atoms with E-state index in [1.807, 2.05) is 19.3 Å². The fourth-order valence-electron chi connectivity index (χ4n) is 5.28. The number of aromatic nitrogens is 5. The molecular formula is C26H34N6O2. The highest BCUT2D eigenvalue weighted by Gasteiger charge is 2.26. The Morgan fingerprint density at radius 2 is 2.06 bits per heavy atom.